The van der Waals surface area contributed by atoms with Gasteiger partial charge in [0.2, 0.25) is 0 Å². The maximum absolute atomic E-state index is 12.7. The Labute approximate surface area is 161 Å². The molecule has 2 aliphatic rings. The molecule has 0 aliphatic carbocycles. The van der Waals surface area contributed by atoms with Gasteiger partial charge in [-0.05, 0) is 12.1 Å². The fraction of sp³-hybridized carbons (Fsp3) is 0.500. The number of para-hydroxylation sites is 1. The van der Waals surface area contributed by atoms with Crippen LogP contribution in [0.3, 0.4) is 0 Å². The van der Waals surface area contributed by atoms with E-state index in [-0.39, 0.29) is 11.5 Å². The topological polar surface area (TPSA) is 79.8 Å². The van der Waals surface area contributed by atoms with Crippen molar-refractivity contribution in [2.24, 2.45) is 5.73 Å². The van der Waals surface area contributed by atoms with Crippen molar-refractivity contribution in [2.75, 3.05) is 70.3 Å². The van der Waals surface area contributed by atoms with E-state index in [1.54, 1.807) is 11.1 Å². The highest BCUT2D eigenvalue weighted by Crippen LogP contribution is 2.16. The van der Waals surface area contributed by atoms with Crippen molar-refractivity contribution in [3.63, 3.8) is 0 Å². The average molecular weight is 368 g/mol. The number of benzene rings is 1. The van der Waals surface area contributed by atoms with Crippen LogP contribution in [0.1, 0.15) is 0 Å². The summed E-state index contributed by atoms with van der Waals surface area (Å²) in [5, 5.41) is 9.49. The molecule has 144 valence electrons. The molecular weight excluding hydrogens is 340 g/mol. The van der Waals surface area contributed by atoms with Crippen molar-refractivity contribution in [3.8, 4) is 6.07 Å². The van der Waals surface area contributed by atoms with E-state index in [1.807, 2.05) is 18.2 Å². The van der Waals surface area contributed by atoms with E-state index < -0.39 is 0 Å². The molecular formula is C20H28N6O. The monoisotopic (exact) mass is 368 g/mol. The molecule has 0 saturated carbocycles. The van der Waals surface area contributed by atoms with Gasteiger partial charge in [0.1, 0.15) is 11.6 Å². The number of nitrogens with two attached hydrogens (primary N) is 1. The number of anilines is 1. The van der Waals surface area contributed by atoms with Crippen molar-refractivity contribution in [1.29, 1.82) is 5.26 Å². The van der Waals surface area contributed by atoms with Gasteiger partial charge in [-0.2, -0.15) is 5.26 Å². The zero-order chi connectivity index (χ0) is 19.1. The summed E-state index contributed by atoms with van der Waals surface area (Å²) in [6.07, 6.45) is 1.75. The summed E-state index contributed by atoms with van der Waals surface area (Å²) in [7, 11) is 0. The van der Waals surface area contributed by atoms with Gasteiger partial charge < -0.3 is 20.4 Å². The van der Waals surface area contributed by atoms with E-state index >= 15 is 0 Å². The van der Waals surface area contributed by atoms with Gasteiger partial charge in [0.15, 0.2) is 0 Å². The molecule has 0 atom stereocenters. The predicted molar refractivity (Wildman–Crippen MR) is 106 cm³/mol. The molecule has 2 saturated heterocycles. The number of piperazine rings is 2. The van der Waals surface area contributed by atoms with Crippen LogP contribution >= 0.6 is 0 Å². The Morgan fingerprint density at radius 3 is 2.30 bits per heavy atom. The lowest BCUT2D eigenvalue weighted by Crippen LogP contribution is -2.50. The number of rotatable bonds is 5. The summed E-state index contributed by atoms with van der Waals surface area (Å²) >= 11 is 0. The van der Waals surface area contributed by atoms with Crippen LogP contribution in [0.25, 0.3) is 0 Å². The number of hydrogen-bond acceptors (Lipinski definition) is 6. The molecule has 1 aromatic carbocycles. The van der Waals surface area contributed by atoms with Crippen molar-refractivity contribution in [2.45, 2.75) is 0 Å². The summed E-state index contributed by atoms with van der Waals surface area (Å²) in [5.41, 5.74) is 7.04. The number of nitriles is 1. The molecule has 0 bridgehead atoms. The Morgan fingerprint density at radius 1 is 1.04 bits per heavy atom. The molecule has 7 heteroatoms. The maximum Gasteiger partial charge on any atom is 0.266 e. The number of carbonyl (C=O) groups excluding carboxylic acids is 1. The molecule has 2 N–H and O–H groups in total. The second kappa shape index (κ2) is 9.40. The van der Waals surface area contributed by atoms with Crippen LogP contribution in [-0.4, -0.2) is 86.1 Å². The molecule has 0 spiro atoms. The van der Waals surface area contributed by atoms with Gasteiger partial charge in [0, 0.05) is 77.3 Å². The van der Waals surface area contributed by atoms with Gasteiger partial charge in [-0.3, -0.25) is 9.69 Å². The lowest BCUT2D eigenvalue weighted by atomic mass is 10.2. The van der Waals surface area contributed by atoms with Crippen molar-refractivity contribution < 1.29 is 4.79 Å². The standard InChI is InChI=1S/C20H28N6O/c21-6-7-23-8-14-26(15-9-23)20(27)18(16-22)17-24-10-12-25(13-11-24)19-4-2-1-3-5-19/h1-5,17H,6-15,21H2/b18-17-. The van der Waals surface area contributed by atoms with Crippen LogP contribution < -0.4 is 10.6 Å². The van der Waals surface area contributed by atoms with E-state index in [2.05, 4.69) is 32.9 Å². The van der Waals surface area contributed by atoms with Crippen molar-refractivity contribution >= 4 is 11.6 Å². The Balaban J connectivity index is 1.54. The Bertz CT molecular complexity index is 682. The summed E-state index contributed by atoms with van der Waals surface area (Å²) < 4.78 is 0. The largest absolute Gasteiger partial charge is 0.373 e. The third kappa shape index (κ3) is 5.00. The van der Waals surface area contributed by atoms with Crippen LogP contribution in [0.2, 0.25) is 0 Å². The maximum atomic E-state index is 12.7. The molecule has 7 nitrogen and oxygen atoms in total. The molecule has 27 heavy (non-hydrogen) atoms. The lowest BCUT2D eigenvalue weighted by molar-refractivity contribution is -0.128. The van der Waals surface area contributed by atoms with Crippen LogP contribution in [-0.2, 0) is 4.79 Å². The molecule has 1 aromatic rings. The molecule has 2 fully saturated rings. The minimum Gasteiger partial charge on any atom is -0.373 e. The van der Waals surface area contributed by atoms with E-state index in [0.717, 1.165) is 45.8 Å². The van der Waals surface area contributed by atoms with Gasteiger partial charge in [0.05, 0.1) is 0 Å². The summed E-state index contributed by atoms with van der Waals surface area (Å²) in [4.78, 5) is 21.2. The number of amides is 1. The highest BCUT2D eigenvalue weighted by molar-refractivity contribution is 5.97. The van der Waals surface area contributed by atoms with Crippen LogP contribution in [0.4, 0.5) is 5.69 Å². The van der Waals surface area contributed by atoms with Gasteiger partial charge >= 0.3 is 0 Å². The predicted octanol–water partition coefficient (Wildman–Crippen LogP) is 0.319. The van der Waals surface area contributed by atoms with E-state index in [9.17, 15) is 10.1 Å². The van der Waals surface area contributed by atoms with Gasteiger partial charge in [-0.15, -0.1) is 0 Å². The zero-order valence-electron chi connectivity index (χ0n) is 15.8. The Kier molecular flexibility index (Phi) is 6.69. The normalized spacial score (nSPS) is 19.1. The van der Waals surface area contributed by atoms with Gasteiger partial charge in [-0.25, -0.2) is 0 Å². The Hall–Kier alpha value is -2.56. The molecule has 1 amide bonds. The first-order valence-corrected chi connectivity index (χ1v) is 9.59. The molecule has 3 rings (SSSR count). The number of hydrogen-bond donors (Lipinski definition) is 1. The third-order valence-electron chi connectivity index (χ3n) is 5.20. The molecule has 0 aromatic heterocycles. The minimum absolute atomic E-state index is 0.157. The van der Waals surface area contributed by atoms with E-state index in [0.29, 0.717) is 19.6 Å². The summed E-state index contributed by atoms with van der Waals surface area (Å²) in [5.74, 6) is -0.157. The quantitative estimate of drug-likeness (QED) is 0.596. The van der Waals surface area contributed by atoms with Gasteiger partial charge in [0.25, 0.3) is 5.91 Å². The molecule has 0 radical (unpaired) electrons. The second-order valence-electron chi connectivity index (χ2n) is 6.94. The third-order valence-corrected chi connectivity index (χ3v) is 5.20. The Morgan fingerprint density at radius 2 is 1.70 bits per heavy atom. The molecule has 2 heterocycles. The first-order chi connectivity index (χ1) is 13.2. The first-order valence-electron chi connectivity index (χ1n) is 9.59. The number of carbonyl (C=O) groups is 1. The molecule has 2 aliphatic heterocycles. The van der Waals surface area contributed by atoms with Crippen LogP contribution in [0.15, 0.2) is 42.1 Å². The summed E-state index contributed by atoms with van der Waals surface area (Å²) in [6, 6.07) is 12.4. The van der Waals surface area contributed by atoms with Gasteiger partial charge in [-0.1, -0.05) is 18.2 Å². The van der Waals surface area contributed by atoms with E-state index in [4.69, 9.17) is 5.73 Å². The van der Waals surface area contributed by atoms with Crippen molar-refractivity contribution in [3.05, 3.63) is 42.1 Å². The minimum atomic E-state index is -0.157. The van der Waals surface area contributed by atoms with Crippen molar-refractivity contribution in [1.82, 2.24) is 14.7 Å². The van der Waals surface area contributed by atoms with Crippen LogP contribution in [0, 0.1) is 11.3 Å². The number of nitrogens with zero attached hydrogens (tertiary/aromatic N) is 5. The lowest BCUT2D eigenvalue weighted by Gasteiger charge is -2.36. The SMILES string of the molecule is N#C/C(=C/N1CCN(c2ccccc2)CC1)C(=O)N1CCN(CCN)CC1. The highest BCUT2D eigenvalue weighted by Gasteiger charge is 2.24. The van der Waals surface area contributed by atoms with E-state index in [1.165, 1.54) is 5.69 Å². The highest BCUT2D eigenvalue weighted by atomic mass is 16.2. The fourth-order valence-corrected chi connectivity index (χ4v) is 3.59. The first kappa shape index (κ1) is 19.2. The zero-order valence-corrected chi connectivity index (χ0v) is 15.8. The summed E-state index contributed by atoms with van der Waals surface area (Å²) in [6.45, 7) is 7.79. The van der Waals surface area contributed by atoms with Crippen LogP contribution in [0.5, 0.6) is 0 Å². The fourth-order valence-electron chi connectivity index (χ4n) is 3.59. The molecule has 0 unspecified atom stereocenters. The average Bonchev–Trinajstić information content (AvgIpc) is 2.73. The second-order valence-corrected chi connectivity index (χ2v) is 6.94. The smallest absolute Gasteiger partial charge is 0.266 e.